The molecule has 2 rings (SSSR count). The topological polar surface area (TPSA) is 47.3 Å². The fourth-order valence-electron chi connectivity index (χ4n) is 2.57. The van der Waals surface area contributed by atoms with Crippen LogP contribution in [0.2, 0.25) is 0 Å². The summed E-state index contributed by atoms with van der Waals surface area (Å²) in [5.74, 6) is 0. The molecule has 0 amide bonds. The molecule has 0 radical (unpaired) electrons. The molecule has 1 aromatic carbocycles. The molecule has 0 aliphatic carbocycles. The first-order valence-corrected chi connectivity index (χ1v) is 7.26. The molecule has 0 aromatic heterocycles. The first-order chi connectivity index (χ1) is 9.08. The summed E-state index contributed by atoms with van der Waals surface area (Å²) in [4.78, 5) is 0. The molecule has 106 valence electrons. The molecule has 19 heavy (non-hydrogen) atoms. The summed E-state index contributed by atoms with van der Waals surface area (Å²) in [7, 11) is 0. The van der Waals surface area contributed by atoms with E-state index in [1.165, 1.54) is 18.4 Å². The zero-order valence-corrected chi connectivity index (χ0v) is 12.1. The van der Waals surface area contributed by atoms with Gasteiger partial charge in [-0.25, -0.2) is 0 Å². The Kier molecular flexibility index (Phi) is 4.83. The van der Waals surface area contributed by atoms with E-state index in [9.17, 15) is 0 Å². The lowest BCUT2D eigenvalue weighted by Gasteiger charge is -2.26. The summed E-state index contributed by atoms with van der Waals surface area (Å²) < 4.78 is 5.63. The van der Waals surface area contributed by atoms with Crippen LogP contribution in [-0.2, 0) is 10.2 Å². The Morgan fingerprint density at radius 1 is 1.32 bits per heavy atom. The molecule has 1 fully saturated rings. The molecule has 1 unspecified atom stereocenters. The van der Waals surface area contributed by atoms with Crippen molar-refractivity contribution < 1.29 is 4.74 Å². The van der Waals surface area contributed by atoms with Crippen LogP contribution in [-0.4, -0.2) is 25.8 Å². The Hall–Kier alpha value is -1.06. The molecular formula is C16H26N2O. The fourth-order valence-corrected chi connectivity index (χ4v) is 2.57. The quantitative estimate of drug-likeness (QED) is 0.612. The van der Waals surface area contributed by atoms with Gasteiger partial charge in [0.25, 0.3) is 0 Å². The predicted octanol–water partition coefficient (Wildman–Crippen LogP) is 2.71. The van der Waals surface area contributed by atoms with Gasteiger partial charge in [-0.3, -0.25) is 0 Å². The number of nitrogen functional groups attached to an aromatic ring is 1. The highest BCUT2D eigenvalue weighted by Crippen LogP contribution is 2.23. The minimum absolute atomic E-state index is 0.129. The van der Waals surface area contributed by atoms with Gasteiger partial charge in [0.1, 0.15) is 0 Å². The van der Waals surface area contributed by atoms with Gasteiger partial charge in [-0.2, -0.15) is 0 Å². The molecule has 1 aromatic rings. The molecule has 1 saturated heterocycles. The van der Waals surface area contributed by atoms with Crippen LogP contribution in [0.5, 0.6) is 0 Å². The van der Waals surface area contributed by atoms with E-state index in [0.29, 0.717) is 6.10 Å². The van der Waals surface area contributed by atoms with Crippen LogP contribution in [0, 0.1) is 0 Å². The Balaban J connectivity index is 1.75. The van der Waals surface area contributed by atoms with E-state index < -0.39 is 0 Å². The zero-order valence-electron chi connectivity index (χ0n) is 12.1. The summed E-state index contributed by atoms with van der Waals surface area (Å²) in [6, 6.07) is 8.20. The number of ether oxygens (including phenoxy) is 1. The van der Waals surface area contributed by atoms with Crippen molar-refractivity contribution in [1.29, 1.82) is 0 Å². The van der Waals surface area contributed by atoms with E-state index in [1.54, 1.807) is 0 Å². The average molecular weight is 262 g/mol. The third kappa shape index (κ3) is 4.22. The Bertz CT molecular complexity index is 380. The van der Waals surface area contributed by atoms with Gasteiger partial charge in [-0.05, 0) is 43.5 Å². The second-order valence-corrected chi connectivity index (χ2v) is 6.11. The third-order valence-electron chi connectivity index (χ3n) is 3.93. The van der Waals surface area contributed by atoms with E-state index in [2.05, 4.69) is 31.3 Å². The third-order valence-corrected chi connectivity index (χ3v) is 3.93. The van der Waals surface area contributed by atoms with Crippen LogP contribution in [0.1, 0.15) is 38.7 Å². The maximum absolute atomic E-state index is 5.73. The molecule has 0 saturated carbocycles. The predicted molar refractivity (Wildman–Crippen MR) is 80.3 cm³/mol. The molecule has 3 N–H and O–H groups in total. The second kappa shape index (κ2) is 6.40. The summed E-state index contributed by atoms with van der Waals surface area (Å²) in [5, 5.41) is 3.55. The Morgan fingerprint density at radius 3 is 2.68 bits per heavy atom. The van der Waals surface area contributed by atoms with Gasteiger partial charge in [0.05, 0.1) is 6.10 Å². The second-order valence-electron chi connectivity index (χ2n) is 6.11. The number of benzene rings is 1. The van der Waals surface area contributed by atoms with Gasteiger partial charge in [-0.1, -0.05) is 26.0 Å². The standard InChI is InChI=1S/C16H26N2O/c1-16(2,13-5-7-14(17)8-6-13)12-18-10-9-15-4-3-11-19-15/h5-8,15,18H,3-4,9-12,17H2,1-2H3. The first kappa shape index (κ1) is 14.4. The fraction of sp³-hybridized carbons (Fsp3) is 0.625. The monoisotopic (exact) mass is 262 g/mol. The van der Waals surface area contributed by atoms with Crippen molar-refractivity contribution in [3.8, 4) is 0 Å². The molecular weight excluding hydrogens is 236 g/mol. The lowest BCUT2D eigenvalue weighted by atomic mass is 9.84. The molecule has 0 bridgehead atoms. The average Bonchev–Trinajstić information content (AvgIpc) is 2.88. The van der Waals surface area contributed by atoms with E-state index in [4.69, 9.17) is 10.5 Å². The van der Waals surface area contributed by atoms with Crippen molar-refractivity contribution >= 4 is 5.69 Å². The van der Waals surface area contributed by atoms with Crippen LogP contribution in [0.25, 0.3) is 0 Å². The van der Waals surface area contributed by atoms with Crippen molar-refractivity contribution in [3.63, 3.8) is 0 Å². The molecule has 1 heterocycles. The van der Waals surface area contributed by atoms with E-state index in [0.717, 1.165) is 31.8 Å². The maximum atomic E-state index is 5.73. The zero-order chi connectivity index (χ0) is 13.7. The summed E-state index contributed by atoms with van der Waals surface area (Å²) in [6.45, 7) is 7.48. The van der Waals surface area contributed by atoms with Gasteiger partial charge in [0.2, 0.25) is 0 Å². The highest BCUT2D eigenvalue weighted by atomic mass is 16.5. The van der Waals surface area contributed by atoms with E-state index in [1.807, 2.05) is 12.1 Å². The number of nitrogens with one attached hydrogen (secondary N) is 1. The van der Waals surface area contributed by atoms with Crippen LogP contribution < -0.4 is 11.1 Å². The number of rotatable bonds is 6. The van der Waals surface area contributed by atoms with Gasteiger partial charge in [-0.15, -0.1) is 0 Å². The van der Waals surface area contributed by atoms with Crippen molar-refractivity contribution in [3.05, 3.63) is 29.8 Å². The van der Waals surface area contributed by atoms with Crippen LogP contribution in [0.4, 0.5) is 5.69 Å². The number of hydrogen-bond donors (Lipinski definition) is 2. The van der Waals surface area contributed by atoms with Crippen molar-refractivity contribution in [2.45, 2.75) is 44.6 Å². The molecule has 3 heteroatoms. The largest absolute Gasteiger partial charge is 0.399 e. The van der Waals surface area contributed by atoms with Gasteiger partial charge < -0.3 is 15.8 Å². The summed E-state index contributed by atoms with van der Waals surface area (Å²) in [6.07, 6.45) is 4.05. The summed E-state index contributed by atoms with van der Waals surface area (Å²) in [5.41, 5.74) is 8.01. The number of anilines is 1. The minimum Gasteiger partial charge on any atom is -0.399 e. The normalized spacial score (nSPS) is 19.8. The van der Waals surface area contributed by atoms with Crippen molar-refractivity contribution in [2.24, 2.45) is 0 Å². The molecule has 3 nitrogen and oxygen atoms in total. The van der Waals surface area contributed by atoms with Crippen LogP contribution in [0.15, 0.2) is 24.3 Å². The lowest BCUT2D eigenvalue weighted by molar-refractivity contribution is 0.104. The Morgan fingerprint density at radius 2 is 2.05 bits per heavy atom. The Labute approximate surface area is 116 Å². The number of nitrogens with two attached hydrogens (primary N) is 1. The van der Waals surface area contributed by atoms with Gasteiger partial charge >= 0.3 is 0 Å². The van der Waals surface area contributed by atoms with Gasteiger partial charge in [0.15, 0.2) is 0 Å². The minimum atomic E-state index is 0.129. The van der Waals surface area contributed by atoms with Crippen molar-refractivity contribution in [1.82, 2.24) is 5.32 Å². The molecule has 1 aliphatic rings. The van der Waals surface area contributed by atoms with Crippen LogP contribution in [0.3, 0.4) is 0 Å². The van der Waals surface area contributed by atoms with Crippen molar-refractivity contribution in [2.75, 3.05) is 25.4 Å². The smallest absolute Gasteiger partial charge is 0.0588 e. The highest BCUT2D eigenvalue weighted by molar-refractivity contribution is 5.41. The SMILES string of the molecule is CC(C)(CNCCC1CCCO1)c1ccc(N)cc1. The van der Waals surface area contributed by atoms with Crippen LogP contribution >= 0.6 is 0 Å². The molecule has 0 spiro atoms. The molecule has 1 aliphatic heterocycles. The first-order valence-electron chi connectivity index (χ1n) is 7.26. The maximum Gasteiger partial charge on any atom is 0.0588 e. The highest BCUT2D eigenvalue weighted by Gasteiger charge is 2.20. The van der Waals surface area contributed by atoms with E-state index in [-0.39, 0.29) is 5.41 Å². The summed E-state index contributed by atoms with van der Waals surface area (Å²) >= 11 is 0. The molecule has 1 atom stereocenters. The number of hydrogen-bond acceptors (Lipinski definition) is 3. The van der Waals surface area contributed by atoms with Gasteiger partial charge in [0, 0.05) is 24.3 Å². The van der Waals surface area contributed by atoms with E-state index >= 15 is 0 Å². The lowest BCUT2D eigenvalue weighted by Crippen LogP contribution is -2.34.